The number of ether oxygens (including phenoxy) is 1. The van der Waals surface area contributed by atoms with Crippen molar-refractivity contribution in [2.45, 2.75) is 34.6 Å². The lowest BCUT2D eigenvalue weighted by Gasteiger charge is -2.21. The molecular formula is C30H36N6O3. The number of aromatic amines is 1. The van der Waals surface area contributed by atoms with E-state index in [1.54, 1.807) is 0 Å². The number of anilines is 2. The first-order chi connectivity index (χ1) is 18.8. The molecule has 4 heterocycles. The SMILES string of the molecule is CCN(CC)CCNC(=O)c1c(C)[nH]c(C=C2C(=O)Nc3ccc(-c4cnc5c(c4C)NCCO5)cc32)c1C. The Morgan fingerprint density at radius 2 is 1.95 bits per heavy atom. The summed E-state index contributed by atoms with van der Waals surface area (Å²) in [5.74, 6) is 0.338. The van der Waals surface area contributed by atoms with Crippen LogP contribution < -0.4 is 20.7 Å². The number of hydrogen-bond acceptors (Lipinski definition) is 6. The molecule has 1 aromatic carbocycles. The van der Waals surface area contributed by atoms with Gasteiger partial charge in [0.1, 0.15) is 12.3 Å². The van der Waals surface area contributed by atoms with E-state index >= 15 is 0 Å². The number of carbonyl (C=O) groups excluding carboxylic acids is 2. The van der Waals surface area contributed by atoms with Crippen molar-refractivity contribution in [1.82, 2.24) is 20.2 Å². The molecular weight excluding hydrogens is 492 g/mol. The highest BCUT2D eigenvalue weighted by Crippen LogP contribution is 2.40. The van der Waals surface area contributed by atoms with Crippen molar-refractivity contribution >= 4 is 34.8 Å². The highest BCUT2D eigenvalue weighted by Gasteiger charge is 2.27. The smallest absolute Gasteiger partial charge is 0.256 e. The average Bonchev–Trinajstić information content (AvgIpc) is 3.40. The number of pyridine rings is 1. The molecule has 204 valence electrons. The van der Waals surface area contributed by atoms with E-state index in [9.17, 15) is 9.59 Å². The second-order valence-corrected chi connectivity index (χ2v) is 9.97. The summed E-state index contributed by atoms with van der Waals surface area (Å²) in [5.41, 5.74) is 8.99. The molecule has 0 spiro atoms. The van der Waals surface area contributed by atoms with E-state index in [2.05, 4.69) is 44.7 Å². The lowest BCUT2D eigenvalue weighted by molar-refractivity contribution is -0.110. The molecule has 0 atom stereocenters. The van der Waals surface area contributed by atoms with Crippen LogP contribution in [0.5, 0.6) is 5.88 Å². The topological polar surface area (TPSA) is 111 Å². The number of nitrogens with zero attached hydrogens (tertiary/aromatic N) is 2. The molecule has 9 heteroatoms. The molecule has 0 aliphatic carbocycles. The number of rotatable bonds is 8. The van der Waals surface area contributed by atoms with Crippen molar-refractivity contribution in [1.29, 1.82) is 0 Å². The summed E-state index contributed by atoms with van der Waals surface area (Å²) in [5, 5.41) is 9.40. The van der Waals surface area contributed by atoms with Crippen LogP contribution in [0.4, 0.5) is 11.4 Å². The first-order valence-corrected chi connectivity index (χ1v) is 13.6. The van der Waals surface area contributed by atoms with Gasteiger partial charge in [0.2, 0.25) is 5.88 Å². The van der Waals surface area contributed by atoms with E-state index in [0.717, 1.165) is 76.8 Å². The normalized spacial score (nSPS) is 15.0. The molecule has 0 saturated carbocycles. The summed E-state index contributed by atoms with van der Waals surface area (Å²) in [4.78, 5) is 36.1. The minimum atomic E-state index is -0.172. The molecule has 5 rings (SSSR count). The minimum absolute atomic E-state index is 0.107. The van der Waals surface area contributed by atoms with Crippen molar-refractivity contribution in [2.24, 2.45) is 0 Å². The van der Waals surface area contributed by atoms with Crippen LogP contribution in [0, 0.1) is 20.8 Å². The third-order valence-electron chi connectivity index (χ3n) is 7.66. The molecule has 0 radical (unpaired) electrons. The van der Waals surface area contributed by atoms with Gasteiger partial charge in [-0.15, -0.1) is 0 Å². The maximum absolute atomic E-state index is 13.0. The molecule has 0 bridgehead atoms. The number of amides is 2. The second kappa shape index (κ2) is 10.9. The van der Waals surface area contributed by atoms with Crippen LogP contribution in [0.1, 0.15) is 52.3 Å². The molecule has 0 saturated heterocycles. The summed E-state index contributed by atoms with van der Waals surface area (Å²) in [6, 6.07) is 5.94. The third kappa shape index (κ3) is 5.02. The van der Waals surface area contributed by atoms with Crippen molar-refractivity contribution in [3.63, 3.8) is 0 Å². The summed E-state index contributed by atoms with van der Waals surface area (Å²) in [6.45, 7) is 14.7. The fourth-order valence-corrected chi connectivity index (χ4v) is 5.37. The second-order valence-electron chi connectivity index (χ2n) is 9.97. The number of aryl methyl sites for hydroxylation is 1. The van der Waals surface area contributed by atoms with Crippen LogP contribution in [0.15, 0.2) is 24.4 Å². The molecule has 2 aliphatic rings. The number of likely N-dealkylation sites (N-methyl/N-ethyl adjacent to an activating group) is 1. The zero-order valence-electron chi connectivity index (χ0n) is 23.2. The van der Waals surface area contributed by atoms with Gasteiger partial charge in [-0.25, -0.2) is 4.98 Å². The standard InChI is InChI=1S/C30H36N6O3/c1-6-36(7-2)12-10-32-29(38)26-18(4)25(34-19(26)5)15-22-21-14-20(8-9-24(21)35-28(22)37)23-16-33-30-27(17(23)3)31-11-13-39-30/h8-9,14-16,31,34H,6-7,10-13H2,1-5H3,(H,32,38)(H,35,37). The van der Waals surface area contributed by atoms with Gasteiger partial charge in [-0.2, -0.15) is 0 Å². The van der Waals surface area contributed by atoms with Crippen LogP contribution >= 0.6 is 0 Å². The number of fused-ring (bicyclic) bond motifs is 2. The van der Waals surface area contributed by atoms with Gasteiger partial charge in [0, 0.05) is 54.0 Å². The first-order valence-electron chi connectivity index (χ1n) is 13.6. The number of H-pyrrole nitrogens is 1. The van der Waals surface area contributed by atoms with E-state index in [1.165, 1.54) is 0 Å². The van der Waals surface area contributed by atoms with E-state index in [0.29, 0.717) is 30.2 Å². The van der Waals surface area contributed by atoms with E-state index in [4.69, 9.17) is 4.74 Å². The van der Waals surface area contributed by atoms with Gasteiger partial charge in [-0.3, -0.25) is 9.59 Å². The fraction of sp³-hybridized carbons (Fsp3) is 0.367. The van der Waals surface area contributed by atoms with Gasteiger partial charge in [-0.1, -0.05) is 19.9 Å². The van der Waals surface area contributed by atoms with E-state index < -0.39 is 0 Å². The molecule has 39 heavy (non-hydrogen) atoms. The lowest BCUT2D eigenvalue weighted by Crippen LogP contribution is -2.35. The Kier molecular flexibility index (Phi) is 7.43. The largest absolute Gasteiger partial charge is 0.474 e. The molecule has 2 aliphatic heterocycles. The van der Waals surface area contributed by atoms with Crippen LogP contribution in [-0.2, 0) is 4.79 Å². The van der Waals surface area contributed by atoms with Crippen LogP contribution in [0.2, 0.25) is 0 Å². The van der Waals surface area contributed by atoms with Crippen LogP contribution in [-0.4, -0.2) is 66.0 Å². The molecule has 0 unspecified atom stereocenters. The average molecular weight is 529 g/mol. The molecule has 2 amide bonds. The number of nitrogens with one attached hydrogen (secondary N) is 4. The van der Waals surface area contributed by atoms with E-state index in [1.807, 2.05) is 51.2 Å². The Balaban J connectivity index is 1.44. The number of aromatic nitrogens is 2. The van der Waals surface area contributed by atoms with Crippen molar-refractivity contribution < 1.29 is 14.3 Å². The van der Waals surface area contributed by atoms with Crippen LogP contribution in [0.25, 0.3) is 22.8 Å². The van der Waals surface area contributed by atoms with Crippen molar-refractivity contribution in [2.75, 3.05) is 50.0 Å². The lowest BCUT2D eigenvalue weighted by atomic mass is 9.96. The van der Waals surface area contributed by atoms with Gasteiger partial charge in [0.15, 0.2) is 0 Å². The van der Waals surface area contributed by atoms with Crippen molar-refractivity contribution in [3.05, 3.63) is 58.0 Å². The fourth-order valence-electron chi connectivity index (χ4n) is 5.37. The zero-order chi connectivity index (χ0) is 27.7. The van der Waals surface area contributed by atoms with Gasteiger partial charge < -0.3 is 30.6 Å². The quantitative estimate of drug-likeness (QED) is 0.323. The Labute approximate surface area is 229 Å². The van der Waals surface area contributed by atoms with Gasteiger partial charge in [0.05, 0.1) is 11.1 Å². The molecule has 9 nitrogen and oxygen atoms in total. The minimum Gasteiger partial charge on any atom is -0.474 e. The Morgan fingerprint density at radius 1 is 1.15 bits per heavy atom. The molecule has 2 aromatic heterocycles. The van der Waals surface area contributed by atoms with Gasteiger partial charge >= 0.3 is 0 Å². The maximum atomic E-state index is 13.0. The highest BCUT2D eigenvalue weighted by atomic mass is 16.5. The van der Waals surface area contributed by atoms with Crippen molar-refractivity contribution in [3.8, 4) is 17.0 Å². The Bertz CT molecular complexity index is 1470. The van der Waals surface area contributed by atoms with Gasteiger partial charge in [0.25, 0.3) is 11.8 Å². The summed E-state index contributed by atoms with van der Waals surface area (Å²) < 4.78 is 5.68. The number of hydrogen-bond donors (Lipinski definition) is 4. The zero-order valence-corrected chi connectivity index (χ0v) is 23.2. The molecule has 4 N–H and O–H groups in total. The van der Waals surface area contributed by atoms with E-state index in [-0.39, 0.29) is 11.8 Å². The van der Waals surface area contributed by atoms with Gasteiger partial charge in [-0.05, 0) is 68.8 Å². The predicted molar refractivity (Wildman–Crippen MR) is 155 cm³/mol. The predicted octanol–water partition coefficient (Wildman–Crippen LogP) is 4.37. The summed E-state index contributed by atoms with van der Waals surface area (Å²) in [6.07, 6.45) is 3.66. The third-order valence-corrected chi connectivity index (χ3v) is 7.66. The molecule has 3 aromatic rings. The monoisotopic (exact) mass is 528 g/mol. The highest BCUT2D eigenvalue weighted by molar-refractivity contribution is 6.35. The first kappa shape index (κ1) is 26.5. The van der Waals surface area contributed by atoms with Crippen LogP contribution in [0.3, 0.4) is 0 Å². The maximum Gasteiger partial charge on any atom is 0.256 e. The summed E-state index contributed by atoms with van der Waals surface area (Å²) in [7, 11) is 0. The Morgan fingerprint density at radius 3 is 2.72 bits per heavy atom. The summed E-state index contributed by atoms with van der Waals surface area (Å²) >= 11 is 0. The number of benzene rings is 1. The Hall–Kier alpha value is -4.11. The number of carbonyl (C=O) groups is 2. The molecule has 0 fully saturated rings.